The van der Waals surface area contributed by atoms with E-state index in [0.717, 1.165) is 13.1 Å². The Labute approximate surface area is 120 Å². The molecule has 0 aliphatic carbocycles. The molecule has 0 aromatic carbocycles. The van der Waals surface area contributed by atoms with Crippen molar-refractivity contribution in [3.8, 4) is 0 Å². The van der Waals surface area contributed by atoms with E-state index in [-0.39, 0.29) is 10.4 Å². The molecule has 1 aromatic rings. The first-order valence-electron chi connectivity index (χ1n) is 6.82. The van der Waals surface area contributed by atoms with E-state index in [9.17, 15) is 8.42 Å². The van der Waals surface area contributed by atoms with Crippen LogP contribution in [0.5, 0.6) is 0 Å². The molecule has 0 spiro atoms. The molecular formula is C13H23N3O3S. The van der Waals surface area contributed by atoms with Gasteiger partial charge in [-0.2, -0.15) is 4.31 Å². The van der Waals surface area contributed by atoms with E-state index >= 15 is 0 Å². The molecule has 1 aliphatic rings. The molecule has 7 heteroatoms. The van der Waals surface area contributed by atoms with Crippen LogP contribution in [0.3, 0.4) is 0 Å². The van der Waals surface area contributed by atoms with Crippen molar-refractivity contribution in [3.63, 3.8) is 0 Å². The summed E-state index contributed by atoms with van der Waals surface area (Å²) in [6.45, 7) is 12.2. The molecule has 1 aliphatic heterocycles. The second-order valence-electron chi connectivity index (χ2n) is 6.22. The van der Waals surface area contributed by atoms with Gasteiger partial charge in [0.1, 0.15) is 10.6 Å². The summed E-state index contributed by atoms with van der Waals surface area (Å²) in [5, 5.41) is 3.74. The maximum Gasteiger partial charge on any atom is 0.248 e. The predicted octanol–water partition coefficient (Wildman–Crippen LogP) is 1.40. The lowest BCUT2D eigenvalue weighted by molar-refractivity contribution is 0.0921. The summed E-state index contributed by atoms with van der Waals surface area (Å²) in [5.74, 6) is 0.362. The van der Waals surface area contributed by atoms with Crippen molar-refractivity contribution in [2.24, 2.45) is 0 Å². The molecule has 0 bridgehead atoms. The summed E-state index contributed by atoms with van der Waals surface area (Å²) in [4.78, 5) is 2.52. The van der Waals surface area contributed by atoms with Crippen LogP contribution in [-0.2, 0) is 10.0 Å². The number of aromatic nitrogens is 1. The van der Waals surface area contributed by atoms with Crippen molar-refractivity contribution in [1.29, 1.82) is 0 Å². The number of hydrogen-bond acceptors (Lipinski definition) is 5. The first-order valence-corrected chi connectivity index (χ1v) is 8.26. The lowest BCUT2D eigenvalue weighted by Crippen LogP contribution is -2.54. The van der Waals surface area contributed by atoms with Crippen LogP contribution in [0, 0.1) is 13.8 Å². The molecule has 1 aromatic heterocycles. The normalized spacial score (nSPS) is 19.4. The van der Waals surface area contributed by atoms with Gasteiger partial charge < -0.3 is 4.52 Å². The number of aryl methyl sites for hydroxylation is 2. The fraction of sp³-hybridized carbons (Fsp3) is 0.769. The Bertz CT molecular complexity index is 559. The zero-order valence-electron chi connectivity index (χ0n) is 12.8. The fourth-order valence-corrected chi connectivity index (χ4v) is 4.28. The van der Waals surface area contributed by atoms with Gasteiger partial charge in [0, 0.05) is 31.7 Å². The van der Waals surface area contributed by atoms with Crippen LogP contribution in [-0.4, -0.2) is 54.5 Å². The summed E-state index contributed by atoms with van der Waals surface area (Å²) >= 11 is 0. The van der Waals surface area contributed by atoms with Crippen LogP contribution in [0.25, 0.3) is 0 Å². The quantitative estimate of drug-likeness (QED) is 0.826. The summed E-state index contributed by atoms with van der Waals surface area (Å²) in [7, 11) is -3.50. The monoisotopic (exact) mass is 301 g/mol. The Balaban J connectivity index is 2.18. The molecule has 0 unspecified atom stereocenters. The Morgan fingerprint density at radius 1 is 1.10 bits per heavy atom. The van der Waals surface area contributed by atoms with E-state index in [1.807, 2.05) is 0 Å². The molecule has 2 heterocycles. The molecule has 1 saturated heterocycles. The maximum absolute atomic E-state index is 12.7. The van der Waals surface area contributed by atoms with E-state index in [1.165, 1.54) is 4.31 Å². The van der Waals surface area contributed by atoms with Gasteiger partial charge in [0.15, 0.2) is 5.76 Å². The van der Waals surface area contributed by atoms with Crippen molar-refractivity contribution in [2.75, 3.05) is 26.2 Å². The molecule has 20 heavy (non-hydrogen) atoms. The van der Waals surface area contributed by atoms with Gasteiger partial charge in [0.25, 0.3) is 0 Å². The summed E-state index contributed by atoms with van der Waals surface area (Å²) in [6, 6.07) is 0. The first-order chi connectivity index (χ1) is 9.14. The van der Waals surface area contributed by atoms with Crippen molar-refractivity contribution < 1.29 is 12.9 Å². The van der Waals surface area contributed by atoms with Crippen LogP contribution in [0.4, 0.5) is 0 Å². The molecule has 0 saturated carbocycles. The van der Waals surface area contributed by atoms with E-state index in [4.69, 9.17) is 4.52 Å². The van der Waals surface area contributed by atoms with Gasteiger partial charge in [-0.15, -0.1) is 0 Å². The van der Waals surface area contributed by atoms with Crippen LogP contribution in [0.15, 0.2) is 9.42 Å². The standard InChI is InChI=1S/C13H23N3O3S/c1-10-12(11(2)19-14-10)20(17,18)16-8-6-15(7-9-16)13(3,4)5/h6-9H2,1-5H3. The minimum atomic E-state index is -3.50. The molecule has 6 nitrogen and oxygen atoms in total. The van der Waals surface area contributed by atoms with Crippen molar-refractivity contribution >= 4 is 10.0 Å². The van der Waals surface area contributed by atoms with Crippen LogP contribution in [0.2, 0.25) is 0 Å². The Hall–Kier alpha value is -0.920. The number of piperazine rings is 1. The van der Waals surface area contributed by atoms with E-state index in [2.05, 4.69) is 30.8 Å². The fourth-order valence-electron chi connectivity index (χ4n) is 2.57. The van der Waals surface area contributed by atoms with Gasteiger partial charge in [0.05, 0.1) is 0 Å². The third-order valence-corrected chi connectivity index (χ3v) is 5.90. The Morgan fingerprint density at radius 2 is 1.65 bits per heavy atom. The van der Waals surface area contributed by atoms with Crippen LogP contribution < -0.4 is 0 Å². The highest BCUT2D eigenvalue weighted by Gasteiger charge is 2.35. The maximum atomic E-state index is 12.7. The minimum Gasteiger partial charge on any atom is -0.360 e. The van der Waals surface area contributed by atoms with E-state index in [1.54, 1.807) is 13.8 Å². The van der Waals surface area contributed by atoms with E-state index < -0.39 is 10.0 Å². The lowest BCUT2D eigenvalue weighted by Gasteiger charge is -2.41. The van der Waals surface area contributed by atoms with Gasteiger partial charge >= 0.3 is 0 Å². The molecule has 0 atom stereocenters. The summed E-state index contributed by atoms with van der Waals surface area (Å²) < 4.78 is 31.8. The minimum absolute atomic E-state index is 0.0683. The second-order valence-corrected chi connectivity index (χ2v) is 8.09. The zero-order valence-corrected chi connectivity index (χ0v) is 13.6. The van der Waals surface area contributed by atoms with Crippen molar-refractivity contribution in [2.45, 2.75) is 45.1 Å². The highest BCUT2D eigenvalue weighted by molar-refractivity contribution is 7.89. The van der Waals surface area contributed by atoms with Crippen LogP contribution >= 0.6 is 0 Å². The smallest absolute Gasteiger partial charge is 0.248 e. The number of rotatable bonds is 2. The highest BCUT2D eigenvalue weighted by atomic mass is 32.2. The van der Waals surface area contributed by atoms with Gasteiger partial charge in [-0.25, -0.2) is 8.42 Å². The Kier molecular flexibility index (Phi) is 3.96. The lowest BCUT2D eigenvalue weighted by atomic mass is 10.1. The number of hydrogen-bond donors (Lipinski definition) is 0. The molecule has 2 rings (SSSR count). The topological polar surface area (TPSA) is 66.7 Å². The van der Waals surface area contributed by atoms with Gasteiger partial charge in [-0.1, -0.05) is 5.16 Å². The van der Waals surface area contributed by atoms with E-state index in [0.29, 0.717) is 24.5 Å². The molecular weight excluding hydrogens is 278 g/mol. The third kappa shape index (κ3) is 2.75. The average molecular weight is 301 g/mol. The average Bonchev–Trinajstić information content (AvgIpc) is 2.68. The third-order valence-electron chi connectivity index (χ3n) is 3.75. The largest absolute Gasteiger partial charge is 0.360 e. The van der Waals surface area contributed by atoms with Gasteiger partial charge in [-0.3, -0.25) is 4.90 Å². The Morgan fingerprint density at radius 3 is 2.05 bits per heavy atom. The summed E-state index contributed by atoms with van der Waals surface area (Å²) in [6.07, 6.45) is 0. The highest BCUT2D eigenvalue weighted by Crippen LogP contribution is 2.25. The molecule has 0 N–H and O–H groups in total. The van der Waals surface area contributed by atoms with Gasteiger partial charge in [-0.05, 0) is 34.6 Å². The molecule has 0 radical (unpaired) electrons. The number of nitrogens with zero attached hydrogens (tertiary/aromatic N) is 3. The SMILES string of the molecule is Cc1noc(C)c1S(=O)(=O)N1CCN(C(C)(C)C)CC1. The first kappa shape index (κ1) is 15.5. The van der Waals surface area contributed by atoms with Crippen molar-refractivity contribution in [1.82, 2.24) is 14.4 Å². The zero-order chi connectivity index (χ0) is 15.1. The molecule has 114 valence electrons. The van der Waals surface area contributed by atoms with Gasteiger partial charge in [0.2, 0.25) is 10.0 Å². The molecule has 1 fully saturated rings. The molecule has 0 amide bonds. The summed E-state index contributed by atoms with van der Waals surface area (Å²) in [5.41, 5.74) is 0.500. The van der Waals surface area contributed by atoms with Crippen LogP contribution in [0.1, 0.15) is 32.2 Å². The van der Waals surface area contributed by atoms with Crippen molar-refractivity contribution in [3.05, 3.63) is 11.5 Å². The second kappa shape index (κ2) is 5.13. The predicted molar refractivity (Wildman–Crippen MR) is 76.1 cm³/mol. The number of sulfonamides is 1.